The number of benzene rings is 2. The molecule has 1 aliphatic heterocycles. The molecule has 0 radical (unpaired) electrons. The van der Waals surface area contributed by atoms with Crippen LogP contribution in [0.15, 0.2) is 58.4 Å². The second-order valence-electron chi connectivity index (χ2n) is 5.61. The van der Waals surface area contributed by atoms with Gasteiger partial charge in [0, 0.05) is 0 Å². The minimum absolute atomic E-state index is 0.285. The Hall–Kier alpha value is -3.13. The van der Waals surface area contributed by atoms with Gasteiger partial charge in [0.05, 0.1) is 16.6 Å². The van der Waals surface area contributed by atoms with Crippen LogP contribution in [-0.4, -0.2) is 23.1 Å². The Morgan fingerprint density at radius 1 is 1.22 bits per heavy atom. The summed E-state index contributed by atoms with van der Waals surface area (Å²) in [5, 5.41) is 13.7. The first-order chi connectivity index (χ1) is 12.9. The fourth-order valence-electron chi connectivity index (χ4n) is 2.16. The first kappa shape index (κ1) is 18.7. The SMILES string of the molecule is C[C@H](Oc1ccc(/C=C2\SC(=Nc3ccc(F)cc3)NC2=O)cc1)C(=O)[O-]. The van der Waals surface area contributed by atoms with Crippen LogP contribution < -0.4 is 15.2 Å². The van der Waals surface area contributed by atoms with Gasteiger partial charge in [-0.1, -0.05) is 12.1 Å². The molecule has 0 bridgehead atoms. The van der Waals surface area contributed by atoms with Gasteiger partial charge in [0.2, 0.25) is 0 Å². The molecular weight excluding hydrogens is 371 g/mol. The van der Waals surface area contributed by atoms with Gasteiger partial charge in [0.25, 0.3) is 5.91 Å². The van der Waals surface area contributed by atoms with Gasteiger partial charge >= 0.3 is 0 Å². The van der Waals surface area contributed by atoms with Gasteiger partial charge < -0.3 is 20.0 Å². The van der Waals surface area contributed by atoms with E-state index in [4.69, 9.17) is 4.74 Å². The number of halogens is 1. The number of aliphatic carboxylic acids is 1. The lowest BCUT2D eigenvalue weighted by molar-refractivity contribution is -0.312. The second-order valence-corrected chi connectivity index (χ2v) is 6.64. The van der Waals surface area contributed by atoms with E-state index < -0.39 is 12.1 Å². The fourth-order valence-corrected chi connectivity index (χ4v) is 3.00. The van der Waals surface area contributed by atoms with E-state index in [9.17, 15) is 19.1 Å². The summed E-state index contributed by atoms with van der Waals surface area (Å²) in [5.41, 5.74) is 1.27. The molecule has 1 saturated heterocycles. The molecular formula is C19H14FN2O4S-. The minimum atomic E-state index is -1.30. The third-order valence-corrected chi connectivity index (χ3v) is 4.44. The summed E-state index contributed by atoms with van der Waals surface area (Å²) in [7, 11) is 0. The number of rotatable bonds is 5. The van der Waals surface area contributed by atoms with Gasteiger partial charge in [-0.3, -0.25) is 4.79 Å². The molecule has 1 atom stereocenters. The molecule has 0 saturated carbocycles. The zero-order valence-corrected chi connectivity index (χ0v) is 15.0. The van der Waals surface area contributed by atoms with Crippen molar-refractivity contribution in [2.24, 2.45) is 4.99 Å². The number of hydrogen-bond donors (Lipinski definition) is 1. The van der Waals surface area contributed by atoms with Crippen LogP contribution in [0, 0.1) is 5.82 Å². The van der Waals surface area contributed by atoms with Crippen molar-refractivity contribution < 1.29 is 23.8 Å². The lowest BCUT2D eigenvalue weighted by Gasteiger charge is -2.15. The molecule has 2 aromatic rings. The molecule has 3 rings (SSSR count). The molecule has 2 aromatic carbocycles. The summed E-state index contributed by atoms with van der Waals surface area (Å²) in [6, 6.07) is 12.2. The van der Waals surface area contributed by atoms with Gasteiger partial charge in [0.1, 0.15) is 17.7 Å². The Kier molecular flexibility index (Phi) is 5.56. The highest BCUT2D eigenvalue weighted by molar-refractivity contribution is 8.18. The van der Waals surface area contributed by atoms with E-state index in [0.29, 0.717) is 21.5 Å². The Balaban J connectivity index is 1.70. The Labute approximate surface area is 158 Å². The van der Waals surface area contributed by atoms with Crippen molar-refractivity contribution in [2.75, 3.05) is 0 Å². The highest BCUT2D eigenvalue weighted by atomic mass is 32.2. The molecule has 8 heteroatoms. The topological polar surface area (TPSA) is 90.8 Å². The van der Waals surface area contributed by atoms with E-state index >= 15 is 0 Å². The van der Waals surface area contributed by atoms with Crippen LogP contribution in [0.1, 0.15) is 12.5 Å². The molecule has 1 aliphatic rings. The van der Waals surface area contributed by atoms with Crippen LogP contribution in [0.5, 0.6) is 5.75 Å². The molecule has 1 fully saturated rings. The number of nitrogens with zero attached hydrogens (tertiary/aromatic N) is 1. The number of nitrogens with one attached hydrogen (secondary N) is 1. The van der Waals surface area contributed by atoms with Gasteiger partial charge in [-0.05, 0) is 66.7 Å². The number of amides is 1. The number of hydrogen-bond acceptors (Lipinski definition) is 6. The summed E-state index contributed by atoms with van der Waals surface area (Å²) >= 11 is 1.17. The van der Waals surface area contributed by atoms with Crippen molar-refractivity contribution >= 4 is 40.6 Å². The molecule has 1 amide bonds. The summed E-state index contributed by atoms with van der Waals surface area (Å²) in [5.74, 6) is -1.56. The third kappa shape index (κ3) is 4.95. The van der Waals surface area contributed by atoms with Gasteiger partial charge in [-0.15, -0.1) is 0 Å². The van der Waals surface area contributed by atoms with Gasteiger partial charge in [-0.2, -0.15) is 0 Å². The number of carboxylic acid groups (broad SMARTS) is 1. The molecule has 138 valence electrons. The Bertz CT molecular complexity index is 924. The van der Waals surface area contributed by atoms with Crippen molar-refractivity contribution in [1.82, 2.24) is 5.32 Å². The first-order valence-electron chi connectivity index (χ1n) is 7.93. The molecule has 0 unspecified atom stereocenters. The first-order valence-corrected chi connectivity index (χ1v) is 8.75. The van der Waals surface area contributed by atoms with Crippen LogP contribution >= 0.6 is 11.8 Å². The number of carboxylic acids is 1. The van der Waals surface area contributed by atoms with Crippen molar-refractivity contribution in [1.29, 1.82) is 0 Å². The fraction of sp³-hybridized carbons (Fsp3) is 0.105. The number of amidine groups is 1. The average molecular weight is 385 g/mol. The highest BCUT2D eigenvalue weighted by Gasteiger charge is 2.23. The van der Waals surface area contributed by atoms with Gasteiger partial charge in [0.15, 0.2) is 5.17 Å². The van der Waals surface area contributed by atoms with Crippen LogP contribution in [0.2, 0.25) is 0 Å². The smallest absolute Gasteiger partial charge is 0.264 e. The monoisotopic (exact) mass is 385 g/mol. The Morgan fingerprint density at radius 2 is 1.89 bits per heavy atom. The molecule has 27 heavy (non-hydrogen) atoms. The minimum Gasteiger partial charge on any atom is -0.546 e. The van der Waals surface area contributed by atoms with E-state index in [1.807, 2.05) is 0 Å². The van der Waals surface area contributed by atoms with E-state index in [1.165, 1.54) is 43.0 Å². The van der Waals surface area contributed by atoms with Crippen LogP contribution in [-0.2, 0) is 9.59 Å². The quantitative estimate of drug-likeness (QED) is 0.797. The normalized spacial score (nSPS) is 17.8. The van der Waals surface area contributed by atoms with Crippen molar-refractivity contribution in [3.63, 3.8) is 0 Å². The van der Waals surface area contributed by atoms with E-state index in [-0.39, 0.29) is 11.7 Å². The molecule has 0 spiro atoms. The van der Waals surface area contributed by atoms with E-state index in [0.717, 1.165) is 5.56 Å². The molecule has 1 heterocycles. The van der Waals surface area contributed by atoms with Crippen molar-refractivity contribution in [2.45, 2.75) is 13.0 Å². The summed E-state index contributed by atoms with van der Waals surface area (Å²) in [4.78, 5) is 27.5. The van der Waals surface area contributed by atoms with Gasteiger partial charge in [-0.25, -0.2) is 9.38 Å². The zero-order valence-electron chi connectivity index (χ0n) is 14.1. The van der Waals surface area contributed by atoms with E-state index in [1.54, 1.807) is 30.3 Å². The van der Waals surface area contributed by atoms with Crippen molar-refractivity contribution in [3.8, 4) is 5.75 Å². The maximum Gasteiger partial charge on any atom is 0.264 e. The number of ether oxygens (including phenoxy) is 1. The molecule has 6 nitrogen and oxygen atoms in total. The number of aliphatic imine (C=N–C) groups is 1. The van der Waals surface area contributed by atoms with Crippen LogP contribution in [0.25, 0.3) is 6.08 Å². The predicted molar refractivity (Wildman–Crippen MR) is 98.7 cm³/mol. The Morgan fingerprint density at radius 3 is 2.52 bits per heavy atom. The molecule has 1 N–H and O–H groups in total. The highest BCUT2D eigenvalue weighted by Crippen LogP contribution is 2.28. The maximum atomic E-state index is 12.9. The predicted octanol–water partition coefficient (Wildman–Crippen LogP) is 2.23. The zero-order chi connectivity index (χ0) is 19.4. The number of carbonyl (C=O) groups is 2. The third-order valence-electron chi connectivity index (χ3n) is 3.53. The average Bonchev–Trinajstić information content (AvgIpc) is 2.97. The lowest BCUT2D eigenvalue weighted by Crippen LogP contribution is -2.37. The summed E-state index contributed by atoms with van der Waals surface area (Å²) in [6.07, 6.45) is 0.620. The summed E-state index contributed by atoms with van der Waals surface area (Å²) < 4.78 is 18.1. The number of thioether (sulfide) groups is 1. The van der Waals surface area contributed by atoms with Crippen molar-refractivity contribution in [3.05, 3.63) is 64.8 Å². The largest absolute Gasteiger partial charge is 0.546 e. The molecule has 0 aromatic heterocycles. The molecule has 0 aliphatic carbocycles. The summed E-state index contributed by atoms with van der Waals surface area (Å²) in [6.45, 7) is 1.38. The maximum absolute atomic E-state index is 12.9. The van der Waals surface area contributed by atoms with E-state index in [2.05, 4.69) is 10.3 Å². The number of carbonyl (C=O) groups excluding carboxylic acids is 2. The van der Waals surface area contributed by atoms with Crippen LogP contribution in [0.3, 0.4) is 0 Å². The lowest BCUT2D eigenvalue weighted by atomic mass is 10.2. The second kappa shape index (κ2) is 8.05. The standard InChI is InChI=1S/C19H15FN2O4S/c1-11(18(24)25)26-15-8-2-12(3-9-15)10-16-17(23)22-19(27-16)21-14-6-4-13(20)5-7-14/h2-11H,1H3,(H,24,25)(H,21,22,23)/p-1/b16-10-/t11-/m0/s1. The van der Waals surface area contributed by atoms with Crippen LogP contribution in [0.4, 0.5) is 10.1 Å².